The minimum absolute atomic E-state index is 0. The molecule has 0 radical (unpaired) electrons. The number of ether oxygens (including phenoxy) is 1. The Labute approximate surface area is 177 Å². The van der Waals surface area contributed by atoms with Gasteiger partial charge in [0.15, 0.2) is 5.96 Å². The lowest BCUT2D eigenvalue weighted by Gasteiger charge is -2.21. The molecule has 1 N–H and O–H groups in total. The molecule has 0 atom stereocenters. The summed E-state index contributed by atoms with van der Waals surface area (Å²) in [6, 6.07) is 3.92. The number of aromatic nitrogens is 2. The van der Waals surface area contributed by atoms with Gasteiger partial charge in [-0.05, 0) is 26.3 Å². The molecule has 0 aromatic carbocycles. The summed E-state index contributed by atoms with van der Waals surface area (Å²) in [5.74, 6) is 1.51. The highest BCUT2D eigenvalue weighted by Gasteiger charge is 2.10. The summed E-state index contributed by atoms with van der Waals surface area (Å²) in [6.45, 7) is 8.89. The molecule has 144 valence electrons. The molecule has 0 bridgehead atoms. The highest BCUT2D eigenvalue weighted by molar-refractivity contribution is 14.0. The number of guanidine groups is 1. The largest absolute Gasteiger partial charge is 0.477 e. The van der Waals surface area contributed by atoms with Gasteiger partial charge in [0, 0.05) is 30.7 Å². The number of halogens is 1. The van der Waals surface area contributed by atoms with E-state index in [4.69, 9.17) is 9.73 Å². The van der Waals surface area contributed by atoms with Crippen molar-refractivity contribution < 1.29 is 4.74 Å². The van der Waals surface area contributed by atoms with Crippen molar-refractivity contribution in [2.45, 2.75) is 40.3 Å². The molecule has 2 rings (SSSR count). The van der Waals surface area contributed by atoms with Gasteiger partial charge in [0.25, 0.3) is 0 Å². The summed E-state index contributed by atoms with van der Waals surface area (Å²) >= 11 is 1.67. The van der Waals surface area contributed by atoms with Crippen LogP contribution in [0.15, 0.2) is 28.7 Å². The van der Waals surface area contributed by atoms with Crippen molar-refractivity contribution in [3.8, 4) is 5.88 Å². The molecule has 0 spiro atoms. The van der Waals surface area contributed by atoms with Crippen LogP contribution >= 0.6 is 35.3 Å². The van der Waals surface area contributed by atoms with Crippen LogP contribution in [0, 0.1) is 6.92 Å². The lowest BCUT2D eigenvalue weighted by Crippen LogP contribution is -2.38. The third-order valence-corrected chi connectivity index (χ3v) is 4.28. The molecule has 2 aromatic rings. The Bertz CT molecular complexity index is 692. The van der Waals surface area contributed by atoms with E-state index in [0.717, 1.165) is 41.7 Å². The zero-order valence-electron chi connectivity index (χ0n) is 15.9. The summed E-state index contributed by atoms with van der Waals surface area (Å²) < 4.78 is 5.71. The summed E-state index contributed by atoms with van der Waals surface area (Å²) in [6.07, 6.45) is 2.71. The molecule has 2 heterocycles. The van der Waals surface area contributed by atoms with Crippen LogP contribution in [0.2, 0.25) is 0 Å². The third kappa shape index (κ3) is 7.06. The summed E-state index contributed by atoms with van der Waals surface area (Å²) in [7, 11) is 2.02. The van der Waals surface area contributed by atoms with Crippen molar-refractivity contribution in [3.63, 3.8) is 0 Å². The normalized spacial score (nSPS) is 11.0. The van der Waals surface area contributed by atoms with E-state index in [2.05, 4.69) is 39.4 Å². The quantitative estimate of drug-likeness (QED) is 0.347. The predicted octanol–water partition coefficient (Wildman–Crippen LogP) is 3.85. The molecule has 26 heavy (non-hydrogen) atoms. The van der Waals surface area contributed by atoms with E-state index in [1.807, 2.05) is 26.1 Å². The molecular weight excluding hydrogens is 461 g/mol. The topological polar surface area (TPSA) is 62.6 Å². The van der Waals surface area contributed by atoms with Crippen LogP contribution in [-0.2, 0) is 13.1 Å². The van der Waals surface area contributed by atoms with Crippen LogP contribution in [-0.4, -0.2) is 41.0 Å². The number of pyridine rings is 1. The van der Waals surface area contributed by atoms with Crippen LogP contribution in [0.5, 0.6) is 5.88 Å². The van der Waals surface area contributed by atoms with Crippen LogP contribution in [0.1, 0.15) is 36.5 Å². The molecular formula is C18H28IN5OS. The first-order chi connectivity index (χ1) is 12.1. The van der Waals surface area contributed by atoms with Gasteiger partial charge in [-0.25, -0.2) is 15.0 Å². The van der Waals surface area contributed by atoms with Crippen LogP contribution in [0.4, 0.5) is 0 Å². The fourth-order valence-corrected chi connectivity index (χ4v) is 2.91. The molecule has 0 unspecified atom stereocenters. The average molecular weight is 489 g/mol. The van der Waals surface area contributed by atoms with Gasteiger partial charge in [0.1, 0.15) is 0 Å². The van der Waals surface area contributed by atoms with Crippen LogP contribution in [0.25, 0.3) is 0 Å². The predicted molar refractivity (Wildman–Crippen MR) is 119 cm³/mol. The van der Waals surface area contributed by atoms with E-state index in [9.17, 15) is 0 Å². The number of aryl methyl sites for hydroxylation is 1. The number of rotatable bonds is 8. The van der Waals surface area contributed by atoms with Gasteiger partial charge in [0.05, 0.1) is 30.4 Å². The number of nitrogens with zero attached hydrogens (tertiary/aromatic N) is 4. The zero-order valence-corrected chi connectivity index (χ0v) is 19.0. The maximum atomic E-state index is 5.71. The Morgan fingerprint density at radius 1 is 1.38 bits per heavy atom. The molecule has 0 aliphatic rings. The van der Waals surface area contributed by atoms with Crippen molar-refractivity contribution in [2.24, 2.45) is 4.99 Å². The number of aliphatic imine (C=N–C) groups is 1. The summed E-state index contributed by atoms with van der Waals surface area (Å²) in [5.41, 5.74) is 2.05. The average Bonchev–Trinajstić information content (AvgIpc) is 3.02. The van der Waals surface area contributed by atoms with Crippen molar-refractivity contribution in [3.05, 3.63) is 40.0 Å². The molecule has 2 aromatic heterocycles. The van der Waals surface area contributed by atoms with Crippen molar-refractivity contribution in [1.82, 2.24) is 20.2 Å². The summed E-state index contributed by atoms with van der Waals surface area (Å²) in [5, 5.41) is 6.50. The zero-order chi connectivity index (χ0) is 18.1. The van der Waals surface area contributed by atoms with Gasteiger partial charge in [-0.3, -0.25) is 0 Å². The first-order valence-electron chi connectivity index (χ1n) is 8.61. The number of hydrogen-bond acceptors (Lipinski definition) is 5. The first-order valence-corrected chi connectivity index (χ1v) is 9.49. The van der Waals surface area contributed by atoms with Gasteiger partial charge in [-0.2, -0.15) is 0 Å². The Morgan fingerprint density at radius 3 is 2.85 bits per heavy atom. The monoisotopic (exact) mass is 489 g/mol. The Hall–Kier alpha value is -1.42. The molecule has 6 nitrogen and oxygen atoms in total. The van der Waals surface area contributed by atoms with Crippen LogP contribution < -0.4 is 10.1 Å². The van der Waals surface area contributed by atoms with Crippen molar-refractivity contribution in [1.29, 1.82) is 0 Å². The minimum Gasteiger partial charge on any atom is -0.477 e. The standard InChI is InChI=1S/C18H27N5OS.HI/c1-5-10-24-17-15(8-7-9-20-17)11-21-18(19-6-2)23(4)12-16-13-25-14(3)22-16;/h7-9,13H,5-6,10-12H2,1-4H3,(H,19,21);1H. The van der Waals surface area contributed by atoms with E-state index in [-0.39, 0.29) is 24.0 Å². The van der Waals surface area contributed by atoms with Gasteiger partial charge in [-0.1, -0.05) is 13.0 Å². The van der Waals surface area contributed by atoms with Gasteiger partial charge >= 0.3 is 0 Å². The highest BCUT2D eigenvalue weighted by Crippen LogP contribution is 2.16. The fraction of sp³-hybridized carbons (Fsp3) is 0.500. The van der Waals surface area contributed by atoms with E-state index in [1.165, 1.54) is 0 Å². The molecule has 0 amide bonds. The second kappa shape index (κ2) is 12.1. The number of thiazole rings is 1. The Balaban J connectivity index is 0.00000338. The van der Waals surface area contributed by atoms with E-state index < -0.39 is 0 Å². The second-order valence-electron chi connectivity index (χ2n) is 5.70. The highest BCUT2D eigenvalue weighted by atomic mass is 127. The maximum Gasteiger partial charge on any atom is 0.218 e. The van der Waals surface area contributed by atoms with E-state index in [0.29, 0.717) is 19.0 Å². The summed E-state index contributed by atoms with van der Waals surface area (Å²) in [4.78, 5) is 15.7. The molecule has 8 heteroatoms. The van der Waals surface area contributed by atoms with Crippen LogP contribution in [0.3, 0.4) is 0 Å². The lowest BCUT2D eigenvalue weighted by atomic mass is 10.3. The second-order valence-corrected chi connectivity index (χ2v) is 6.76. The lowest BCUT2D eigenvalue weighted by molar-refractivity contribution is 0.302. The maximum absolute atomic E-state index is 5.71. The molecule has 0 fully saturated rings. The third-order valence-electron chi connectivity index (χ3n) is 3.45. The van der Waals surface area contributed by atoms with Crippen molar-refractivity contribution >= 4 is 41.3 Å². The molecule has 0 saturated heterocycles. The first kappa shape index (κ1) is 22.6. The van der Waals surface area contributed by atoms with E-state index >= 15 is 0 Å². The minimum atomic E-state index is 0. The number of nitrogens with one attached hydrogen (secondary N) is 1. The van der Waals surface area contributed by atoms with E-state index in [1.54, 1.807) is 17.5 Å². The molecule has 0 aliphatic carbocycles. The SMILES string of the molecule is CCCOc1ncccc1CN=C(NCC)N(C)Cc1csc(C)n1.I. The Morgan fingerprint density at radius 2 is 2.19 bits per heavy atom. The number of hydrogen-bond donors (Lipinski definition) is 1. The Kier molecular flexibility index (Phi) is 10.5. The molecule has 0 saturated carbocycles. The van der Waals surface area contributed by atoms with Gasteiger partial charge < -0.3 is 15.0 Å². The fourth-order valence-electron chi connectivity index (χ4n) is 2.30. The van der Waals surface area contributed by atoms with Crippen molar-refractivity contribution in [2.75, 3.05) is 20.2 Å². The van der Waals surface area contributed by atoms with Gasteiger partial charge in [0.2, 0.25) is 5.88 Å². The van der Waals surface area contributed by atoms with Gasteiger partial charge in [-0.15, -0.1) is 35.3 Å². The smallest absolute Gasteiger partial charge is 0.218 e. The molecule has 0 aliphatic heterocycles.